The Morgan fingerprint density at radius 3 is 2.52 bits per heavy atom. The molecule has 1 aromatic carbocycles. The number of hydrogen-bond donors (Lipinski definition) is 2. The quantitative estimate of drug-likeness (QED) is 0.771. The lowest BCUT2D eigenvalue weighted by Crippen LogP contribution is -2.32. The van der Waals surface area contributed by atoms with Crippen molar-refractivity contribution in [3.8, 4) is 0 Å². The van der Waals surface area contributed by atoms with Gasteiger partial charge in [-0.2, -0.15) is 0 Å². The molecule has 0 amide bonds. The van der Waals surface area contributed by atoms with E-state index in [1.54, 1.807) is 12.1 Å². The molecule has 1 saturated carbocycles. The van der Waals surface area contributed by atoms with Gasteiger partial charge in [0.15, 0.2) is 0 Å². The van der Waals surface area contributed by atoms with Gasteiger partial charge in [0.2, 0.25) is 10.0 Å². The van der Waals surface area contributed by atoms with Gasteiger partial charge in [-0.1, -0.05) is 19.9 Å². The topological polar surface area (TPSA) is 58.2 Å². The summed E-state index contributed by atoms with van der Waals surface area (Å²) in [5.41, 5.74) is 1.10. The number of sulfonamides is 1. The van der Waals surface area contributed by atoms with Crippen LogP contribution in [0.5, 0.6) is 0 Å². The van der Waals surface area contributed by atoms with Gasteiger partial charge < -0.3 is 5.32 Å². The first-order valence-corrected chi connectivity index (χ1v) is 9.51. The fraction of sp³-hybridized carbons (Fsp3) is 0.600. The van der Waals surface area contributed by atoms with E-state index in [9.17, 15) is 8.42 Å². The van der Waals surface area contributed by atoms with Crippen LogP contribution in [0.2, 0.25) is 0 Å². The Balaban J connectivity index is 2.17. The second kappa shape index (κ2) is 6.36. The van der Waals surface area contributed by atoms with Crippen molar-refractivity contribution in [3.63, 3.8) is 0 Å². The first kappa shape index (κ1) is 16.9. The van der Waals surface area contributed by atoms with Crippen LogP contribution in [0.25, 0.3) is 0 Å². The SMILES string of the molecule is CNCc1ccc(Br)c(S(=O)(=O)NCC2(C(C)C)CC2)c1. The van der Waals surface area contributed by atoms with Gasteiger partial charge in [-0.25, -0.2) is 13.1 Å². The zero-order valence-electron chi connectivity index (χ0n) is 12.7. The molecule has 6 heteroatoms. The average molecular weight is 375 g/mol. The molecule has 0 bridgehead atoms. The molecule has 0 saturated heterocycles. The molecule has 2 rings (SSSR count). The largest absolute Gasteiger partial charge is 0.316 e. The van der Waals surface area contributed by atoms with Crippen molar-refractivity contribution in [2.75, 3.05) is 13.6 Å². The van der Waals surface area contributed by atoms with Crippen molar-refractivity contribution < 1.29 is 8.42 Å². The van der Waals surface area contributed by atoms with Gasteiger partial charge in [-0.15, -0.1) is 0 Å². The lowest BCUT2D eigenvalue weighted by Gasteiger charge is -2.20. The molecule has 1 aliphatic rings. The molecule has 0 aliphatic heterocycles. The van der Waals surface area contributed by atoms with Crippen LogP contribution >= 0.6 is 15.9 Å². The van der Waals surface area contributed by atoms with Crippen molar-refractivity contribution in [1.29, 1.82) is 0 Å². The Hall–Kier alpha value is -0.430. The van der Waals surface area contributed by atoms with Crippen molar-refractivity contribution in [1.82, 2.24) is 10.0 Å². The Labute approximate surface area is 135 Å². The molecule has 21 heavy (non-hydrogen) atoms. The summed E-state index contributed by atoms with van der Waals surface area (Å²) in [7, 11) is -1.64. The lowest BCUT2D eigenvalue weighted by molar-refractivity contribution is 0.357. The van der Waals surface area contributed by atoms with E-state index < -0.39 is 10.0 Å². The number of hydrogen-bond acceptors (Lipinski definition) is 3. The third-order valence-corrected chi connectivity index (χ3v) is 6.79. The van der Waals surface area contributed by atoms with Crippen LogP contribution in [0.3, 0.4) is 0 Å². The average Bonchev–Trinajstić information content (AvgIpc) is 3.20. The predicted octanol–water partition coefficient (Wildman–Crippen LogP) is 2.88. The molecule has 0 heterocycles. The van der Waals surface area contributed by atoms with Crippen molar-refractivity contribution in [2.24, 2.45) is 11.3 Å². The summed E-state index contributed by atoms with van der Waals surface area (Å²) in [4.78, 5) is 0.315. The molecule has 1 aromatic rings. The number of rotatable bonds is 7. The van der Waals surface area contributed by atoms with Crippen LogP contribution in [0, 0.1) is 11.3 Å². The number of nitrogens with one attached hydrogen (secondary N) is 2. The van der Waals surface area contributed by atoms with Crippen LogP contribution in [0.1, 0.15) is 32.3 Å². The van der Waals surface area contributed by atoms with Crippen LogP contribution in [-0.4, -0.2) is 22.0 Å². The highest BCUT2D eigenvalue weighted by Crippen LogP contribution is 2.51. The van der Waals surface area contributed by atoms with Gasteiger partial charge in [0.1, 0.15) is 0 Å². The van der Waals surface area contributed by atoms with Gasteiger partial charge in [0.05, 0.1) is 4.90 Å². The van der Waals surface area contributed by atoms with Crippen LogP contribution in [0.4, 0.5) is 0 Å². The smallest absolute Gasteiger partial charge is 0.241 e. The van der Waals surface area contributed by atoms with Crippen LogP contribution in [0.15, 0.2) is 27.6 Å². The normalized spacial score (nSPS) is 17.2. The summed E-state index contributed by atoms with van der Waals surface area (Å²) < 4.78 is 28.5. The zero-order valence-corrected chi connectivity index (χ0v) is 15.1. The third-order valence-electron chi connectivity index (χ3n) is 4.40. The molecule has 1 fully saturated rings. The first-order valence-electron chi connectivity index (χ1n) is 7.23. The van der Waals surface area contributed by atoms with Crippen molar-refractivity contribution in [3.05, 3.63) is 28.2 Å². The fourth-order valence-corrected chi connectivity index (χ4v) is 4.65. The second-order valence-corrected chi connectivity index (χ2v) is 8.73. The number of benzene rings is 1. The molecule has 4 nitrogen and oxygen atoms in total. The Morgan fingerprint density at radius 2 is 2.00 bits per heavy atom. The minimum Gasteiger partial charge on any atom is -0.316 e. The standard InChI is InChI=1S/C15H23BrN2O2S/c1-11(2)15(6-7-15)10-18-21(19,20)14-8-12(9-17-3)4-5-13(14)16/h4-5,8,11,17-18H,6-7,9-10H2,1-3H3. The van der Waals surface area contributed by atoms with Gasteiger partial charge in [0.25, 0.3) is 0 Å². The van der Waals surface area contributed by atoms with E-state index >= 15 is 0 Å². The maximum absolute atomic E-state index is 12.5. The highest BCUT2D eigenvalue weighted by atomic mass is 79.9. The van der Waals surface area contributed by atoms with E-state index in [1.165, 1.54) is 0 Å². The van der Waals surface area contributed by atoms with E-state index in [0.29, 0.717) is 28.4 Å². The molecule has 118 valence electrons. The van der Waals surface area contributed by atoms with E-state index in [0.717, 1.165) is 18.4 Å². The monoisotopic (exact) mass is 374 g/mol. The first-order chi connectivity index (χ1) is 9.81. The van der Waals surface area contributed by atoms with Crippen molar-refractivity contribution in [2.45, 2.75) is 38.1 Å². The highest BCUT2D eigenvalue weighted by molar-refractivity contribution is 9.10. The maximum Gasteiger partial charge on any atom is 0.241 e. The summed E-state index contributed by atoms with van der Waals surface area (Å²) in [6.07, 6.45) is 2.21. The summed E-state index contributed by atoms with van der Waals surface area (Å²) in [6.45, 7) is 5.48. The molecule has 1 aliphatic carbocycles. The highest BCUT2D eigenvalue weighted by Gasteiger charge is 2.45. The molecular formula is C15H23BrN2O2S. The summed E-state index contributed by atoms with van der Waals surface area (Å²) >= 11 is 3.34. The van der Waals surface area contributed by atoms with Crippen molar-refractivity contribution >= 4 is 26.0 Å². The summed E-state index contributed by atoms with van der Waals surface area (Å²) in [6, 6.07) is 5.42. The van der Waals surface area contributed by atoms with Gasteiger partial charge in [-0.05, 0) is 64.8 Å². The van der Waals surface area contributed by atoms with Gasteiger partial charge >= 0.3 is 0 Å². The Kier molecular flexibility index (Phi) is 5.13. The molecule has 0 atom stereocenters. The number of halogens is 1. The van der Waals surface area contributed by atoms with Gasteiger partial charge in [0, 0.05) is 17.6 Å². The molecular weight excluding hydrogens is 352 g/mol. The Bertz CT molecular complexity index is 610. The minimum atomic E-state index is -3.48. The predicted molar refractivity (Wildman–Crippen MR) is 88.6 cm³/mol. The summed E-state index contributed by atoms with van der Waals surface area (Å²) in [5, 5.41) is 3.03. The fourth-order valence-electron chi connectivity index (χ4n) is 2.50. The molecule has 0 radical (unpaired) electrons. The van der Waals surface area contributed by atoms with Crippen LogP contribution in [-0.2, 0) is 16.6 Å². The third kappa shape index (κ3) is 3.86. The second-order valence-electron chi connectivity index (χ2n) is 6.14. The van der Waals surface area contributed by atoms with E-state index in [1.807, 2.05) is 13.1 Å². The molecule has 0 unspecified atom stereocenters. The summed E-state index contributed by atoms with van der Waals surface area (Å²) in [5.74, 6) is 0.499. The van der Waals surface area contributed by atoms with E-state index in [2.05, 4.69) is 39.8 Å². The maximum atomic E-state index is 12.5. The van der Waals surface area contributed by atoms with Gasteiger partial charge in [-0.3, -0.25) is 0 Å². The van der Waals surface area contributed by atoms with Crippen LogP contribution < -0.4 is 10.0 Å². The molecule has 0 aromatic heterocycles. The molecule has 2 N–H and O–H groups in total. The molecule has 0 spiro atoms. The lowest BCUT2D eigenvalue weighted by atomic mass is 9.93. The zero-order chi connectivity index (χ0) is 15.7. The minimum absolute atomic E-state index is 0.155. The van der Waals surface area contributed by atoms with E-state index in [4.69, 9.17) is 0 Å². The Morgan fingerprint density at radius 1 is 1.33 bits per heavy atom. The van der Waals surface area contributed by atoms with E-state index in [-0.39, 0.29) is 5.41 Å².